The van der Waals surface area contributed by atoms with E-state index in [1.54, 1.807) is 0 Å². The Bertz CT molecular complexity index is 2500. The molecule has 9 rings (SSSR count). The molecule has 8 aromatic carbocycles. The molecule has 1 heterocycles. The van der Waals surface area contributed by atoms with E-state index in [1.807, 2.05) is 12.1 Å². The van der Waals surface area contributed by atoms with Crippen molar-refractivity contribution >= 4 is 71.3 Å². The summed E-state index contributed by atoms with van der Waals surface area (Å²) in [5.41, 5.74) is 7.36. The molecule has 9 aromatic rings. The van der Waals surface area contributed by atoms with Crippen LogP contribution in [0.5, 0.6) is 0 Å². The Balaban J connectivity index is 1.27. The van der Waals surface area contributed by atoms with E-state index in [-0.39, 0.29) is 0 Å². The molecule has 0 unspecified atom stereocenters. The Labute approximate surface area is 255 Å². The van der Waals surface area contributed by atoms with Crippen LogP contribution in [-0.2, 0) is 0 Å². The van der Waals surface area contributed by atoms with Gasteiger partial charge >= 0.3 is 0 Å². The summed E-state index contributed by atoms with van der Waals surface area (Å²) in [5, 5.41) is 9.68. The fourth-order valence-electron chi connectivity index (χ4n) is 6.73. The van der Waals surface area contributed by atoms with E-state index in [4.69, 9.17) is 4.42 Å². The Morgan fingerprint density at radius 2 is 0.977 bits per heavy atom. The van der Waals surface area contributed by atoms with Crippen molar-refractivity contribution in [1.82, 2.24) is 0 Å². The summed E-state index contributed by atoms with van der Waals surface area (Å²) in [7, 11) is 0. The summed E-state index contributed by atoms with van der Waals surface area (Å²) in [6.45, 7) is 0. The SMILES string of the molecule is c1ccc2c(-c3ccc(N(c4ccc5ccc6ccccc6c5c4)c4cccc5c4oc4ccccc45)cc3)cccc2c1. The molecule has 2 nitrogen and oxygen atoms in total. The highest BCUT2D eigenvalue weighted by Crippen LogP contribution is 2.43. The molecule has 0 radical (unpaired) electrons. The monoisotopic (exact) mass is 561 g/mol. The molecule has 206 valence electrons. The first-order chi connectivity index (χ1) is 21.8. The fourth-order valence-corrected chi connectivity index (χ4v) is 6.73. The summed E-state index contributed by atoms with van der Waals surface area (Å²) in [6.07, 6.45) is 0. The van der Waals surface area contributed by atoms with Gasteiger partial charge in [-0.1, -0.05) is 127 Å². The van der Waals surface area contributed by atoms with E-state index < -0.39 is 0 Å². The molecule has 0 saturated heterocycles. The number of hydrogen-bond donors (Lipinski definition) is 0. The van der Waals surface area contributed by atoms with Gasteiger partial charge in [-0.2, -0.15) is 0 Å². The van der Waals surface area contributed by atoms with E-state index in [0.717, 1.165) is 39.0 Å². The minimum Gasteiger partial charge on any atom is -0.454 e. The van der Waals surface area contributed by atoms with Crippen LogP contribution in [0.1, 0.15) is 0 Å². The minimum absolute atomic E-state index is 0.879. The Morgan fingerprint density at radius 1 is 0.386 bits per heavy atom. The Hall–Kier alpha value is -5.86. The van der Waals surface area contributed by atoms with Crippen LogP contribution < -0.4 is 4.90 Å². The van der Waals surface area contributed by atoms with E-state index in [2.05, 4.69) is 157 Å². The van der Waals surface area contributed by atoms with Crippen LogP contribution in [0.25, 0.3) is 65.4 Å². The van der Waals surface area contributed by atoms with Gasteiger partial charge in [0, 0.05) is 22.1 Å². The lowest BCUT2D eigenvalue weighted by Gasteiger charge is -2.26. The number of benzene rings is 8. The van der Waals surface area contributed by atoms with Crippen LogP contribution in [0, 0.1) is 0 Å². The number of para-hydroxylation sites is 2. The molecule has 0 saturated carbocycles. The lowest BCUT2D eigenvalue weighted by Crippen LogP contribution is -2.10. The number of fused-ring (bicyclic) bond motifs is 7. The Morgan fingerprint density at radius 3 is 1.82 bits per heavy atom. The second-order valence-corrected chi connectivity index (χ2v) is 11.4. The molecule has 0 atom stereocenters. The van der Waals surface area contributed by atoms with Crippen molar-refractivity contribution in [1.29, 1.82) is 0 Å². The van der Waals surface area contributed by atoms with Gasteiger partial charge in [0.1, 0.15) is 5.58 Å². The first-order valence-electron chi connectivity index (χ1n) is 15.0. The third kappa shape index (κ3) is 3.89. The first kappa shape index (κ1) is 24.7. The predicted molar refractivity (Wildman–Crippen MR) is 186 cm³/mol. The van der Waals surface area contributed by atoms with Crippen LogP contribution in [0.4, 0.5) is 17.1 Å². The molecule has 0 N–H and O–H groups in total. The molecule has 0 aliphatic carbocycles. The summed E-state index contributed by atoms with van der Waals surface area (Å²) in [6, 6.07) is 58.6. The maximum atomic E-state index is 6.56. The molecular weight excluding hydrogens is 534 g/mol. The predicted octanol–water partition coefficient (Wildman–Crippen LogP) is 12.2. The molecule has 2 heteroatoms. The van der Waals surface area contributed by atoms with E-state index in [0.29, 0.717) is 0 Å². The average molecular weight is 562 g/mol. The number of anilines is 3. The van der Waals surface area contributed by atoms with E-state index >= 15 is 0 Å². The number of rotatable bonds is 4. The quantitative estimate of drug-likeness (QED) is 0.199. The number of furan rings is 1. The van der Waals surface area contributed by atoms with Crippen molar-refractivity contribution in [3.8, 4) is 11.1 Å². The molecule has 1 aromatic heterocycles. The molecule has 0 amide bonds. The zero-order valence-electron chi connectivity index (χ0n) is 23.9. The molecule has 44 heavy (non-hydrogen) atoms. The van der Waals surface area contributed by atoms with Crippen LogP contribution >= 0.6 is 0 Å². The van der Waals surface area contributed by atoms with E-state index in [9.17, 15) is 0 Å². The van der Waals surface area contributed by atoms with Crippen LogP contribution in [-0.4, -0.2) is 0 Å². The molecular formula is C42H27NO. The van der Waals surface area contributed by atoms with Gasteiger partial charge in [-0.05, 0) is 79.8 Å². The molecule has 0 aliphatic rings. The van der Waals surface area contributed by atoms with Crippen LogP contribution in [0.15, 0.2) is 168 Å². The third-order valence-corrected chi connectivity index (χ3v) is 8.84. The van der Waals surface area contributed by atoms with Crippen LogP contribution in [0.2, 0.25) is 0 Å². The van der Waals surface area contributed by atoms with Gasteiger partial charge < -0.3 is 9.32 Å². The van der Waals surface area contributed by atoms with Gasteiger partial charge in [0.2, 0.25) is 0 Å². The van der Waals surface area contributed by atoms with Crippen molar-refractivity contribution in [2.75, 3.05) is 4.90 Å². The number of hydrogen-bond acceptors (Lipinski definition) is 2. The fraction of sp³-hybridized carbons (Fsp3) is 0. The van der Waals surface area contributed by atoms with Crippen LogP contribution in [0.3, 0.4) is 0 Å². The maximum absolute atomic E-state index is 6.56. The molecule has 0 bridgehead atoms. The van der Waals surface area contributed by atoms with Crippen molar-refractivity contribution in [2.24, 2.45) is 0 Å². The first-order valence-corrected chi connectivity index (χ1v) is 15.0. The van der Waals surface area contributed by atoms with Gasteiger partial charge in [-0.3, -0.25) is 0 Å². The maximum Gasteiger partial charge on any atom is 0.159 e. The second-order valence-electron chi connectivity index (χ2n) is 11.4. The summed E-state index contributed by atoms with van der Waals surface area (Å²) in [5.74, 6) is 0. The highest BCUT2D eigenvalue weighted by Gasteiger charge is 2.20. The molecule has 0 aliphatic heterocycles. The van der Waals surface area contributed by atoms with Gasteiger partial charge in [0.05, 0.1) is 5.69 Å². The average Bonchev–Trinajstić information content (AvgIpc) is 3.48. The zero-order valence-corrected chi connectivity index (χ0v) is 23.9. The largest absolute Gasteiger partial charge is 0.454 e. The van der Waals surface area contributed by atoms with Gasteiger partial charge in [-0.15, -0.1) is 0 Å². The molecule has 0 fully saturated rings. The highest BCUT2D eigenvalue weighted by molar-refractivity contribution is 6.12. The van der Waals surface area contributed by atoms with Gasteiger partial charge in [0.15, 0.2) is 5.58 Å². The lowest BCUT2D eigenvalue weighted by molar-refractivity contribution is 0.669. The Kier molecular flexibility index (Phi) is 5.54. The zero-order chi connectivity index (χ0) is 29.0. The minimum atomic E-state index is 0.879. The highest BCUT2D eigenvalue weighted by atomic mass is 16.3. The second kappa shape index (κ2) is 9.86. The van der Waals surface area contributed by atoms with Crippen molar-refractivity contribution in [2.45, 2.75) is 0 Å². The van der Waals surface area contributed by atoms with Crippen molar-refractivity contribution < 1.29 is 4.42 Å². The summed E-state index contributed by atoms with van der Waals surface area (Å²) >= 11 is 0. The normalized spacial score (nSPS) is 11.6. The standard InChI is InChI=1S/C42H27NO/c1-3-12-34-28(9-1)11-7-15-35(34)30-21-24-32(25-22-30)43(40-17-8-16-38-37-14-5-6-18-41(37)44-42(38)40)33-26-23-31-20-19-29-10-2-4-13-36(29)39(31)27-33/h1-27H. The number of nitrogens with zero attached hydrogens (tertiary/aromatic N) is 1. The van der Waals surface area contributed by atoms with E-state index in [1.165, 1.54) is 43.4 Å². The smallest absolute Gasteiger partial charge is 0.159 e. The summed E-state index contributed by atoms with van der Waals surface area (Å²) in [4.78, 5) is 2.33. The third-order valence-electron chi connectivity index (χ3n) is 8.84. The lowest BCUT2D eigenvalue weighted by atomic mass is 9.98. The van der Waals surface area contributed by atoms with Gasteiger partial charge in [-0.25, -0.2) is 0 Å². The summed E-state index contributed by atoms with van der Waals surface area (Å²) < 4.78 is 6.56. The molecule has 0 spiro atoms. The van der Waals surface area contributed by atoms with Gasteiger partial charge in [0.25, 0.3) is 0 Å². The van der Waals surface area contributed by atoms with Crippen molar-refractivity contribution in [3.63, 3.8) is 0 Å². The van der Waals surface area contributed by atoms with Crippen molar-refractivity contribution in [3.05, 3.63) is 164 Å². The topological polar surface area (TPSA) is 16.4 Å².